The molecule has 1 aliphatic rings. The number of hydrogen-bond donors (Lipinski definition) is 3. The van der Waals surface area contributed by atoms with Gasteiger partial charge < -0.3 is 5.32 Å². The summed E-state index contributed by atoms with van der Waals surface area (Å²) in [7, 11) is 0. The first-order valence-corrected chi connectivity index (χ1v) is 7.20. The fourth-order valence-electron chi connectivity index (χ4n) is 1.61. The summed E-state index contributed by atoms with van der Waals surface area (Å²) < 4.78 is 0. The Morgan fingerprint density at radius 3 is 2.30 bits per heavy atom. The third-order valence-corrected chi connectivity index (χ3v) is 4.53. The molecule has 1 radical (unpaired) electrons. The van der Waals surface area contributed by atoms with Crippen LogP contribution in [-0.4, -0.2) is 39.8 Å². The minimum absolute atomic E-state index is 0.0360. The van der Waals surface area contributed by atoms with Gasteiger partial charge in [-0.05, 0) is 12.3 Å². The zero-order valence-electron chi connectivity index (χ0n) is 11.5. The number of thiol groups is 2. The molecular weight excluding hydrogens is 296 g/mol. The van der Waals surface area contributed by atoms with Gasteiger partial charge in [-0.15, -0.1) is 0 Å². The molecule has 0 aromatic rings. The van der Waals surface area contributed by atoms with E-state index >= 15 is 0 Å². The third-order valence-electron chi connectivity index (χ3n) is 2.87. The summed E-state index contributed by atoms with van der Waals surface area (Å²) in [5, 5.41) is 1.99. The molecule has 2 atom stereocenters. The highest BCUT2D eigenvalue weighted by atomic mass is 32.1. The van der Waals surface area contributed by atoms with Crippen LogP contribution in [0.25, 0.3) is 0 Å². The van der Waals surface area contributed by atoms with E-state index in [0.717, 1.165) is 4.90 Å². The van der Waals surface area contributed by atoms with Crippen LogP contribution >= 0.6 is 25.3 Å². The van der Waals surface area contributed by atoms with Gasteiger partial charge in [0.25, 0.3) is 11.8 Å². The number of nitrogens with zero attached hydrogens (tertiary/aromatic N) is 1. The minimum atomic E-state index is -0.457. The van der Waals surface area contributed by atoms with Crippen LogP contribution < -0.4 is 5.32 Å². The molecule has 1 heterocycles. The smallest absolute Gasteiger partial charge is 0.253 e. The van der Waals surface area contributed by atoms with Gasteiger partial charge in [0.2, 0.25) is 5.91 Å². The molecule has 0 bridgehead atoms. The minimum Gasteiger partial charge on any atom is -0.343 e. The van der Waals surface area contributed by atoms with E-state index in [-0.39, 0.29) is 29.5 Å². The SMILES string of the molecule is [CH2]C(C)(C)C(S)C(S)NC(=O)CCN1C(=O)C=CC1=O. The van der Waals surface area contributed by atoms with Crippen molar-refractivity contribution in [1.82, 2.24) is 10.2 Å². The van der Waals surface area contributed by atoms with Crippen molar-refractivity contribution < 1.29 is 14.4 Å². The molecule has 0 spiro atoms. The number of carbonyl (C=O) groups excluding carboxylic acids is 3. The van der Waals surface area contributed by atoms with Crippen LogP contribution in [0.1, 0.15) is 20.3 Å². The molecule has 1 N–H and O–H groups in total. The van der Waals surface area contributed by atoms with E-state index in [1.807, 2.05) is 13.8 Å². The average Bonchev–Trinajstić information content (AvgIpc) is 2.64. The normalized spacial score (nSPS) is 18.4. The topological polar surface area (TPSA) is 66.5 Å². The first-order chi connectivity index (χ1) is 9.12. The van der Waals surface area contributed by atoms with Gasteiger partial charge in [-0.25, -0.2) is 0 Å². The van der Waals surface area contributed by atoms with Crippen molar-refractivity contribution in [2.24, 2.45) is 5.41 Å². The molecule has 111 valence electrons. The Morgan fingerprint density at radius 1 is 1.35 bits per heavy atom. The highest BCUT2D eigenvalue weighted by molar-refractivity contribution is 7.85. The van der Waals surface area contributed by atoms with Gasteiger partial charge in [0, 0.05) is 30.4 Å². The average molecular weight is 315 g/mol. The molecule has 0 saturated heterocycles. The summed E-state index contributed by atoms with van der Waals surface area (Å²) in [5.41, 5.74) is -0.354. The Kier molecular flexibility index (Phi) is 5.70. The van der Waals surface area contributed by atoms with E-state index in [1.165, 1.54) is 12.2 Å². The fraction of sp³-hybridized carbons (Fsp3) is 0.538. The first-order valence-electron chi connectivity index (χ1n) is 6.17. The van der Waals surface area contributed by atoms with Crippen LogP contribution in [-0.2, 0) is 14.4 Å². The lowest BCUT2D eigenvalue weighted by Gasteiger charge is -2.31. The molecule has 20 heavy (non-hydrogen) atoms. The molecule has 0 fully saturated rings. The third kappa shape index (κ3) is 4.56. The zero-order chi connectivity index (χ0) is 15.5. The molecule has 5 nitrogen and oxygen atoms in total. The summed E-state index contributed by atoms with van der Waals surface area (Å²) in [5.74, 6) is -1.08. The van der Waals surface area contributed by atoms with Crippen molar-refractivity contribution in [2.75, 3.05) is 6.54 Å². The summed E-state index contributed by atoms with van der Waals surface area (Å²) in [4.78, 5) is 35.4. The molecular formula is C13H19N2O3S2. The molecule has 7 heteroatoms. The lowest BCUT2D eigenvalue weighted by molar-refractivity contribution is -0.137. The highest BCUT2D eigenvalue weighted by Crippen LogP contribution is 2.27. The number of carbonyl (C=O) groups is 3. The van der Waals surface area contributed by atoms with Gasteiger partial charge in [-0.2, -0.15) is 25.3 Å². The Labute approximate surface area is 130 Å². The van der Waals surface area contributed by atoms with Crippen molar-refractivity contribution in [3.63, 3.8) is 0 Å². The van der Waals surface area contributed by atoms with E-state index < -0.39 is 17.2 Å². The second kappa shape index (κ2) is 6.67. The fourth-order valence-corrected chi connectivity index (χ4v) is 2.23. The predicted octanol–water partition coefficient (Wildman–Crippen LogP) is 0.832. The lowest BCUT2D eigenvalue weighted by atomic mass is 9.91. The van der Waals surface area contributed by atoms with Gasteiger partial charge in [0.15, 0.2) is 0 Å². The van der Waals surface area contributed by atoms with Crippen LogP contribution in [0, 0.1) is 12.3 Å². The molecule has 0 aliphatic carbocycles. The Balaban J connectivity index is 2.41. The van der Waals surface area contributed by atoms with Crippen molar-refractivity contribution >= 4 is 43.0 Å². The Hall–Kier alpha value is -0.950. The summed E-state index contributed by atoms with van der Waals surface area (Å²) in [6, 6.07) is 0. The standard InChI is InChI=1S/C13H19N2O3S2/c1-13(2,3)11(19)12(20)14-8(16)6-7-15-9(17)4-5-10(15)18/h4-5,11-12,19-20H,1,6-7H2,2-3H3,(H,14,16). The Bertz CT molecular complexity index is 425. The molecule has 1 rings (SSSR count). The maximum Gasteiger partial charge on any atom is 0.253 e. The van der Waals surface area contributed by atoms with Crippen molar-refractivity contribution in [1.29, 1.82) is 0 Å². The largest absolute Gasteiger partial charge is 0.343 e. The number of hydrogen-bond acceptors (Lipinski definition) is 5. The van der Waals surface area contributed by atoms with Crippen LogP contribution in [0.5, 0.6) is 0 Å². The second-order valence-corrected chi connectivity index (χ2v) is 6.47. The van der Waals surface area contributed by atoms with Gasteiger partial charge in [0.05, 0.1) is 5.37 Å². The summed E-state index contributed by atoms with van der Waals surface area (Å²) in [6.45, 7) is 7.79. The van der Waals surface area contributed by atoms with Gasteiger partial charge in [-0.3, -0.25) is 19.3 Å². The van der Waals surface area contributed by atoms with E-state index in [1.54, 1.807) is 0 Å². The van der Waals surface area contributed by atoms with Crippen molar-refractivity contribution in [3.8, 4) is 0 Å². The van der Waals surface area contributed by atoms with Gasteiger partial charge >= 0.3 is 0 Å². The van der Waals surface area contributed by atoms with Crippen LogP contribution in [0.3, 0.4) is 0 Å². The molecule has 0 saturated carbocycles. The predicted molar refractivity (Wildman–Crippen MR) is 83.3 cm³/mol. The number of rotatable bonds is 6. The first kappa shape index (κ1) is 17.1. The van der Waals surface area contributed by atoms with E-state index in [9.17, 15) is 14.4 Å². The van der Waals surface area contributed by atoms with Crippen LogP contribution in [0.4, 0.5) is 0 Å². The van der Waals surface area contributed by atoms with Crippen molar-refractivity contribution in [3.05, 3.63) is 19.1 Å². The van der Waals surface area contributed by atoms with E-state index in [2.05, 4.69) is 37.5 Å². The van der Waals surface area contributed by atoms with Crippen molar-refractivity contribution in [2.45, 2.75) is 30.9 Å². The maximum atomic E-state index is 11.8. The van der Waals surface area contributed by atoms with Gasteiger partial charge in [0.1, 0.15) is 0 Å². The molecule has 0 aromatic heterocycles. The van der Waals surface area contributed by atoms with Crippen LogP contribution in [0.15, 0.2) is 12.2 Å². The summed E-state index contributed by atoms with van der Waals surface area (Å²) >= 11 is 8.67. The number of amides is 3. The quantitative estimate of drug-likeness (QED) is 0.386. The van der Waals surface area contributed by atoms with E-state index in [4.69, 9.17) is 0 Å². The second-order valence-electron chi connectivity index (χ2n) is 5.36. The molecule has 2 unspecified atom stereocenters. The zero-order valence-corrected chi connectivity index (χ0v) is 13.3. The summed E-state index contributed by atoms with van der Waals surface area (Å²) in [6.07, 6.45) is 2.42. The monoisotopic (exact) mass is 315 g/mol. The number of nitrogens with one attached hydrogen (secondary N) is 1. The van der Waals surface area contributed by atoms with Gasteiger partial charge in [-0.1, -0.05) is 13.8 Å². The maximum absolute atomic E-state index is 11.8. The molecule has 3 amide bonds. The molecule has 0 aromatic carbocycles. The Morgan fingerprint density at radius 2 is 1.85 bits per heavy atom. The van der Waals surface area contributed by atoms with E-state index in [0.29, 0.717) is 0 Å². The lowest BCUT2D eigenvalue weighted by Crippen LogP contribution is -2.44. The number of imide groups is 1. The molecule has 1 aliphatic heterocycles. The highest BCUT2D eigenvalue weighted by Gasteiger charge is 2.29. The van der Waals surface area contributed by atoms with Crippen LogP contribution in [0.2, 0.25) is 0 Å².